The van der Waals surface area contributed by atoms with E-state index in [2.05, 4.69) is 20.6 Å². The van der Waals surface area contributed by atoms with Crippen LogP contribution in [0.3, 0.4) is 0 Å². The molecule has 0 atom stereocenters. The van der Waals surface area contributed by atoms with E-state index >= 15 is 0 Å². The lowest BCUT2D eigenvalue weighted by atomic mass is 10.2. The molecule has 6 nitrogen and oxygen atoms in total. The molecule has 3 aromatic rings. The number of rotatable bonds is 6. The Bertz CT molecular complexity index is 946. The van der Waals surface area contributed by atoms with E-state index in [4.69, 9.17) is 4.74 Å². The van der Waals surface area contributed by atoms with Crippen LogP contribution in [0.1, 0.15) is 16.1 Å². The van der Waals surface area contributed by atoms with Crippen molar-refractivity contribution < 1.29 is 18.3 Å². The van der Waals surface area contributed by atoms with Crippen molar-refractivity contribution in [3.63, 3.8) is 0 Å². The zero-order valence-electron chi connectivity index (χ0n) is 14.4. The molecule has 0 aliphatic carbocycles. The topological polar surface area (TPSA) is 76.1 Å². The molecular formula is C19H16F2N4O2. The molecule has 138 valence electrons. The summed E-state index contributed by atoms with van der Waals surface area (Å²) in [5, 5.41) is 5.17. The van der Waals surface area contributed by atoms with Crippen LogP contribution < -0.4 is 15.4 Å². The van der Waals surface area contributed by atoms with Gasteiger partial charge in [0.15, 0.2) is 0 Å². The smallest absolute Gasteiger partial charge is 0.274 e. The third kappa shape index (κ3) is 4.35. The summed E-state index contributed by atoms with van der Waals surface area (Å²) in [7, 11) is 1.57. The van der Waals surface area contributed by atoms with Crippen molar-refractivity contribution >= 4 is 17.5 Å². The predicted molar refractivity (Wildman–Crippen MR) is 96.7 cm³/mol. The minimum atomic E-state index is -0.869. The van der Waals surface area contributed by atoms with Gasteiger partial charge in [0.25, 0.3) is 5.91 Å². The van der Waals surface area contributed by atoms with Crippen LogP contribution in [0.15, 0.2) is 54.7 Å². The van der Waals surface area contributed by atoms with Crippen LogP contribution in [0, 0.1) is 11.6 Å². The van der Waals surface area contributed by atoms with Crippen molar-refractivity contribution in [2.24, 2.45) is 0 Å². The lowest BCUT2D eigenvalue weighted by Gasteiger charge is -2.10. The first-order valence-electron chi connectivity index (χ1n) is 8.02. The average Bonchev–Trinajstić information content (AvgIpc) is 2.69. The first-order valence-corrected chi connectivity index (χ1v) is 8.02. The number of carbonyl (C=O) groups is 1. The molecule has 0 bridgehead atoms. The molecule has 2 N–H and O–H groups in total. The number of methoxy groups -OCH3 is 1. The quantitative estimate of drug-likeness (QED) is 0.693. The van der Waals surface area contributed by atoms with E-state index in [1.54, 1.807) is 7.11 Å². The Labute approximate surface area is 154 Å². The highest BCUT2D eigenvalue weighted by atomic mass is 19.1. The summed E-state index contributed by atoms with van der Waals surface area (Å²) >= 11 is 0. The first kappa shape index (κ1) is 18.2. The Morgan fingerprint density at radius 2 is 1.81 bits per heavy atom. The lowest BCUT2D eigenvalue weighted by Crippen LogP contribution is -2.17. The molecule has 0 aliphatic heterocycles. The maximum Gasteiger partial charge on any atom is 0.274 e. The number of halogens is 2. The molecule has 2 aromatic carbocycles. The van der Waals surface area contributed by atoms with Crippen LogP contribution >= 0.6 is 0 Å². The monoisotopic (exact) mass is 370 g/mol. The van der Waals surface area contributed by atoms with Gasteiger partial charge in [-0.05, 0) is 24.3 Å². The molecule has 1 aromatic heterocycles. The number of amides is 1. The van der Waals surface area contributed by atoms with Crippen LogP contribution in [-0.2, 0) is 6.54 Å². The molecule has 0 saturated carbocycles. The molecule has 0 fully saturated rings. The van der Waals surface area contributed by atoms with Gasteiger partial charge in [-0.1, -0.05) is 24.3 Å². The Kier molecular flexibility index (Phi) is 5.55. The summed E-state index contributed by atoms with van der Waals surface area (Å²) < 4.78 is 32.6. The molecular weight excluding hydrogens is 354 g/mol. The van der Waals surface area contributed by atoms with Crippen LogP contribution in [0.2, 0.25) is 0 Å². The van der Waals surface area contributed by atoms with Crippen molar-refractivity contribution in [2.45, 2.75) is 6.54 Å². The number of ether oxygens (including phenoxy) is 1. The average molecular weight is 370 g/mol. The van der Waals surface area contributed by atoms with Crippen molar-refractivity contribution in [2.75, 3.05) is 17.7 Å². The van der Waals surface area contributed by atoms with E-state index in [0.717, 1.165) is 17.7 Å². The Morgan fingerprint density at radius 1 is 1.07 bits per heavy atom. The summed E-state index contributed by atoms with van der Waals surface area (Å²) in [6.07, 6.45) is 1.38. The normalized spacial score (nSPS) is 10.3. The van der Waals surface area contributed by atoms with Gasteiger partial charge in [0.05, 0.1) is 7.11 Å². The van der Waals surface area contributed by atoms with E-state index in [1.165, 1.54) is 18.3 Å². The SMILES string of the molecule is COc1ccccc1CNc1nccc(C(=O)Nc2c(F)cccc2F)n1. The van der Waals surface area contributed by atoms with E-state index in [-0.39, 0.29) is 11.6 Å². The highest BCUT2D eigenvalue weighted by Gasteiger charge is 2.15. The first-order chi connectivity index (χ1) is 13.1. The van der Waals surface area contributed by atoms with Gasteiger partial charge in [-0.15, -0.1) is 0 Å². The highest BCUT2D eigenvalue weighted by Crippen LogP contribution is 2.20. The summed E-state index contributed by atoms with van der Waals surface area (Å²) in [6.45, 7) is 0.372. The van der Waals surface area contributed by atoms with Crippen molar-refractivity contribution in [1.29, 1.82) is 0 Å². The third-order valence-corrected chi connectivity index (χ3v) is 3.72. The molecule has 0 spiro atoms. The maximum absolute atomic E-state index is 13.7. The molecule has 1 amide bonds. The van der Waals surface area contributed by atoms with Crippen LogP contribution in [-0.4, -0.2) is 23.0 Å². The number of aromatic nitrogens is 2. The van der Waals surface area contributed by atoms with Crippen molar-refractivity contribution in [3.8, 4) is 5.75 Å². The summed E-state index contributed by atoms with van der Waals surface area (Å²) in [5.74, 6) is -1.59. The van der Waals surface area contributed by atoms with Crippen LogP contribution in [0.4, 0.5) is 20.4 Å². The zero-order valence-corrected chi connectivity index (χ0v) is 14.4. The number of nitrogens with zero attached hydrogens (tertiary/aromatic N) is 2. The standard InChI is InChI=1S/C19H16F2N4O2/c1-27-16-8-3-2-5-12(16)11-23-19-22-10-9-15(24-19)18(26)25-17-13(20)6-4-7-14(17)21/h2-10H,11H2,1H3,(H,25,26)(H,22,23,24). The summed E-state index contributed by atoms with van der Waals surface area (Å²) in [5.41, 5.74) is 0.326. The number of benzene rings is 2. The van der Waals surface area contributed by atoms with Crippen molar-refractivity contribution in [3.05, 3.63) is 77.6 Å². The molecule has 27 heavy (non-hydrogen) atoms. The fraction of sp³-hybridized carbons (Fsp3) is 0.105. The fourth-order valence-corrected chi connectivity index (χ4v) is 2.39. The van der Waals surface area contributed by atoms with Crippen molar-refractivity contribution in [1.82, 2.24) is 9.97 Å². The molecule has 0 aliphatic rings. The Balaban J connectivity index is 1.72. The Morgan fingerprint density at radius 3 is 2.56 bits per heavy atom. The Hall–Kier alpha value is -3.55. The van der Waals surface area contributed by atoms with Gasteiger partial charge >= 0.3 is 0 Å². The molecule has 1 heterocycles. The van der Waals surface area contributed by atoms with E-state index in [9.17, 15) is 13.6 Å². The minimum absolute atomic E-state index is 0.0322. The maximum atomic E-state index is 13.7. The van der Waals surface area contributed by atoms with Gasteiger partial charge in [-0.2, -0.15) is 0 Å². The second-order valence-electron chi connectivity index (χ2n) is 5.48. The number of carbonyl (C=O) groups excluding carboxylic acids is 1. The van der Waals surface area contributed by atoms with Gasteiger partial charge in [0, 0.05) is 18.3 Å². The third-order valence-electron chi connectivity index (χ3n) is 3.72. The summed E-state index contributed by atoms with van der Waals surface area (Å²) in [4.78, 5) is 20.4. The van der Waals surface area contributed by atoms with Crippen LogP contribution in [0.25, 0.3) is 0 Å². The van der Waals surface area contributed by atoms with E-state index < -0.39 is 23.2 Å². The molecule has 0 radical (unpaired) electrons. The lowest BCUT2D eigenvalue weighted by molar-refractivity contribution is 0.102. The number of nitrogens with one attached hydrogen (secondary N) is 2. The van der Waals surface area contributed by atoms with Gasteiger partial charge in [-0.3, -0.25) is 4.79 Å². The molecule has 8 heteroatoms. The largest absolute Gasteiger partial charge is 0.496 e. The summed E-state index contributed by atoms with van der Waals surface area (Å²) in [6, 6.07) is 12.1. The molecule has 3 rings (SSSR count). The number of anilines is 2. The van der Waals surface area contributed by atoms with E-state index in [1.807, 2.05) is 24.3 Å². The number of hydrogen-bond acceptors (Lipinski definition) is 5. The molecule has 0 unspecified atom stereocenters. The number of hydrogen-bond donors (Lipinski definition) is 2. The minimum Gasteiger partial charge on any atom is -0.496 e. The fourth-order valence-electron chi connectivity index (χ4n) is 2.39. The van der Waals surface area contributed by atoms with Gasteiger partial charge in [0.2, 0.25) is 5.95 Å². The van der Waals surface area contributed by atoms with Crippen LogP contribution in [0.5, 0.6) is 5.75 Å². The second kappa shape index (κ2) is 8.22. The van der Waals surface area contributed by atoms with E-state index in [0.29, 0.717) is 12.3 Å². The predicted octanol–water partition coefficient (Wildman–Crippen LogP) is 3.63. The van der Waals surface area contributed by atoms with Gasteiger partial charge in [0.1, 0.15) is 28.8 Å². The number of para-hydroxylation sites is 2. The second-order valence-corrected chi connectivity index (χ2v) is 5.48. The van der Waals surface area contributed by atoms with Gasteiger partial charge in [-0.25, -0.2) is 18.7 Å². The zero-order chi connectivity index (χ0) is 19.2. The van der Waals surface area contributed by atoms with Gasteiger partial charge < -0.3 is 15.4 Å². The molecule has 0 saturated heterocycles. The highest BCUT2D eigenvalue weighted by molar-refractivity contribution is 6.03.